The van der Waals surface area contributed by atoms with Gasteiger partial charge in [0.05, 0.1) is 6.04 Å². The highest BCUT2D eigenvalue weighted by atomic mass is 16.2. The second kappa shape index (κ2) is 2.22. The monoisotopic (exact) mass is 154 g/mol. The fourth-order valence-corrected chi connectivity index (χ4v) is 1.74. The molecule has 0 aromatic carbocycles. The lowest BCUT2D eigenvalue weighted by Gasteiger charge is -2.25. The van der Waals surface area contributed by atoms with E-state index in [0.717, 1.165) is 19.1 Å². The van der Waals surface area contributed by atoms with Gasteiger partial charge in [0.25, 0.3) is 0 Å². The van der Waals surface area contributed by atoms with Crippen LogP contribution in [-0.4, -0.2) is 35.8 Å². The van der Waals surface area contributed by atoms with E-state index in [9.17, 15) is 9.59 Å². The molecule has 2 heterocycles. The number of carbonyl (C=O) groups excluding carboxylic acids is 2. The molecule has 0 unspecified atom stereocenters. The first kappa shape index (κ1) is 6.64. The van der Waals surface area contributed by atoms with Gasteiger partial charge in [-0.3, -0.25) is 0 Å². The van der Waals surface area contributed by atoms with Crippen molar-refractivity contribution in [3.05, 3.63) is 0 Å². The molecular formula is C7H10N2O2. The molecule has 2 bridgehead atoms. The molecule has 0 spiro atoms. The Morgan fingerprint density at radius 2 is 2.36 bits per heavy atom. The van der Waals surface area contributed by atoms with Gasteiger partial charge >= 0.3 is 6.03 Å². The van der Waals surface area contributed by atoms with Gasteiger partial charge in [-0.2, -0.15) is 0 Å². The molecule has 2 atom stereocenters. The van der Waals surface area contributed by atoms with Gasteiger partial charge in [-0.25, -0.2) is 4.79 Å². The Hall–Kier alpha value is -1.06. The van der Waals surface area contributed by atoms with Crippen LogP contribution in [0.3, 0.4) is 0 Å². The molecule has 0 aliphatic carbocycles. The van der Waals surface area contributed by atoms with E-state index in [1.807, 2.05) is 0 Å². The maximum atomic E-state index is 11.1. The van der Waals surface area contributed by atoms with Gasteiger partial charge in [-0.1, -0.05) is 0 Å². The van der Waals surface area contributed by atoms with E-state index in [4.69, 9.17) is 0 Å². The first-order valence-corrected chi connectivity index (χ1v) is 3.83. The average molecular weight is 154 g/mol. The van der Waals surface area contributed by atoms with E-state index in [1.165, 1.54) is 0 Å². The Labute approximate surface area is 64.5 Å². The predicted molar refractivity (Wildman–Crippen MR) is 38.1 cm³/mol. The van der Waals surface area contributed by atoms with Crippen molar-refractivity contribution in [1.29, 1.82) is 0 Å². The van der Waals surface area contributed by atoms with Crippen molar-refractivity contribution < 1.29 is 9.59 Å². The number of fused-ring (bicyclic) bond motifs is 2. The highest BCUT2D eigenvalue weighted by Gasteiger charge is 2.37. The molecule has 11 heavy (non-hydrogen) atoms. The van der Waals surface area contributed by atoms with Crippen molar-refractivity contribution in [2.24, 2.45) is 0 Å². The van der Waals surface area contributed by atoms with Crippen LogP contribution in [0.2, 0.25) is 0 Å². The maximum Gasteiger partial charge on any atom is 0.318 e. The van der Waals surface area contributed by atoms with Crippen LogP contribution in [0.4, 0.5) is 4.79 Å². The lowest BCUT2D eigenvalue weighted by atomic mass is 10.0. The molecule has 0 aromatic rings. The van der Waals surface area contributed by atoms with Crippen molar-refractivity contribution in [2.45, 2.75) is 24.9 Å². The smallest absolute Gasteiger partial charge is 0.318 e. The highest BCUT2D eigenvalue weighted by molar-refractivity contribution is 5.81. The van der Waals surface area contributed by atoms with Crippen molar-refractivity contribution in [3.63, 3.8) is 0 Å². The second-order valence-corrected chi connectivity index (χ2v) is 3.08. The Bertz CT molecular complexity index is 205. The number of carbonyl (C=O) groups is 2. The number of hydrogen-bond acceptors (Lipinski definition) is 2. The lowest BCUT2D eigenvalue weighted by Crippen LogP contribution is -2.40. The van der Waals surface area contributed by atoms with Gasteiger partial charge in [0.15, 0.2) is 0 Å². The van der Waals surface area contributed by atoms with Gasteiger partial charge in [-0.05, 0) is 12.8 Å². The van der Waals surface area contributed by atoms with Crippen molar-refractivity contribution in [2.75, 3.05) is 6.54 Å². The number of nitrogens with zero attached hydrogens (tertiary/aromatic N) is 1. The summed E-state index contributed by atoms with van der Waals surface area (Å²) in [4.78, 5) is 23.2. The van der Waals surface area contributed by atoms with Crippen LogP contribution < -0.4 is 5.32 Å². The summed E-state index contributed by atoms with van der Waals surface area (Å²) in [6.45, 7) is 0.711. The molecule has 2 amide bonds. The van der Waals surface area contributed by atoms with Crippen molar-refractivity contribution >= 4 is 12.3 Å². The minimum Gasteiger partial charge on any atom is -0.333 e. The summed E-state index contributed by atoms with van der Waals surface area (Å²) in [6, 6.07) is 0.0389. The van der Waals surface area contributed by atoms with Crippen LogP contribution in [-0.2, 0) is 4.79 Å². The zero-order valence-electron chi connectivity index (χ0n) is 6.12. The predicted octanol–water partition coefficient (Wildman–Crippen LogP) is -0.258. The summed E-state index contributed by atoms with van der Waals surface area (Å²) in [7, 11) is 0. The van der Waals surface area contributed by atoms with Crippen LogP contribution >= 0.6 is 0 Å². The van der Waals surface area contributed by atoms with Gasteiger partial charge < -0.3 is 15.0 Å². The van der Waals surface area contributed by atoms with E-state index < -0.39 is 0 Å². The second-order valence-electron chi connectivity index (χ2n) is 3.08. The molecule has 1 N–H and O–H groups in total. The average Bonchev–Trinajstić information content (AvgIpc) is 2.30. The summed E-state index contributed by atoms with van der Waals surface area (Å²) in [5.74, 6) is 0. The number of hydrogen-bond donors (Lipinski definition) is 1. The third kappa shape index (κ3) is 0.895. The Balaban J connectivity index is 2.18. The Morgan fingerprint density at radius 1 is 1.55 bits per heavy atom. The number of aldehydes is 1. The van der Waals surface area contributed by atoms with E-state index in [2.05, 4.69) is 5.32 Å². The highest BCUT2D eigenvalue weighted by Crippen LogP contribution is 2.21. The van der Waals surface area contributed by atoms with Crippen LogP contribution in [0.25, 0.3) is 0 Å². The normalized spacial score (nSPS) is 35.3. The first-order chi connectivity index (χ1) is 5.31. The van der Waals surface area contributed by atoms with Crippen LogP contribution in [0.5, 0.6) is 0 Å². The fourth-order valence-electron chi connectivity index (χ4n) is 1.74. The Kier molecular flexibility index (Phi) is 1.34. The fraction of sp³-hybridized carbons (Fsp3) is 0.714. The SMILES string of the molecule is O=C[C@@H]1CC[C@@H]2CN1C(=O)N2. The molecular weight excluding hydrogens is 144 g/mol. The van der Waals surface area contributed by atoms with E-state index >= 15 is 0 Å². The lowest BCUT2D eigenvalue weighted by molar-refractivity contribution is -0.112. The molecule has 0 radical (unpaired) electrons. The van der Waals surface area contributed by atoms with E-state index in [1.54, 1.807) is 4.90 Å². The molecule has 4 heteroatoms. The molecule has 0 saturated carbocycles. The van der Waals surface area contributed by atoms with Gasteiger partial charge in [-0.15, -0.1) is 0 Å². The third-order valence-electron chi connectivity index (χ3n) is 2.37. The summed E-state index contributed by atoms with van der Waals surface area (Å²) >= 11 is 0. The van der Waals surface area contributed by atoms with Crippen LogP contribution in [0.1, 0.15) is 12.8 Å². The summed E-state index contributed by atoms with van der Waals surface area (Å²) in [6.07, 6.45) is 2.61. The number of amides is 2. The minimum absolute atomic E-state index is 0.0791. The molecule has 2 aliphatic heterocycles. The summed E-state index contributed by atoms with van der Waals surface area (Å²) in [5, 5.41) is 2.81. The van der Waals surface area contributed by atoms with Gasteiger partial charge in [0.2, 0.25) is 0 Å². The third-order valence-corrected chi connectivity index (χ3v) is 2.37. The topological polar surface area (TPSA) is 49.4 Å². The van der Waals surface area contributed by atoms with E-state index in [-0.39, 0.29) is 12.1 Å². The maximum absolute atomic E-state index is 11.1. The summed E-state index contributed by atoms with van der Waals surface area (Å²) < 4.78 is 0. The van der Waals surface area contributed by atoms with Crippen molar-refractivity contribution in [1.82, 2.24) is 10.2 Å². The van der Waals surface area contributed by atoms with Crippen LogP contribution in [0.15, 0.2) is 0 Å². The largest absolute Gasteiger partial charge is 0.333 e. The van der Waals surface area contributed by atoms with Crippen molar-refractivity contribution in [3.8, 4) is 0 Å². The van der Waals surface area contributed by atoms with Gasteiger partial charge in [0.1, 0.15) is 6.29 Å². The number of nitrogens with one attached hydrogen (secondary N) is 1. The van der Waals surface area contributed by atoms with Crippen LogP contribution in [0, 0.1) is 0 Å². The zero-order valence-corrected chi connectivity index (χ0v) is 6.12. The molecule has 60 valence electrons. The number of rotatable bonds is 1. The molecule has 0 aromatic heterocycles. The molecule has 2 rings (SSSR count). The number of piperidine rings is 1. The molecule has 2 fully saturated rings. The quantitative estimate of drug-likeness (QED) is 0.529. The first-order valence-electron chi connectivity index (χ1n) is 3.83. The van der Waals surface area contributed by atoms with Gasteiger partial charge in [0, 0.05) is 12.6 Å². The number of urea groups is 1. The zero-order chi connectivity index (χ0) is 7.84. The molecule has 2 aliphatic rings. The molecule has 2 saturated heterocycles. The Morgan fingerprint density at radius 3 is 3.09 bits per heavy atom. The standard InChI is InChI=1S/C7H10N2O2/c10-4-6-2-1-5-3-9(6)7(11)8-5/h4-6H,1-3H2,(H,8,11)/t5-,6+/m1/s1. The minimum atomic E-state index is -0.172. The van der Waals surface area contributed by atoms with E-state index in [0.29, 0.717) is 12.6 Å². The molecule has 4 nitrogen and oxygen atoms in total. The summed E-state index contributed by atoms with van der Waals surface area (Å²) in [5.41, 5.74) is 0.